The number of likely N-dealkylation sites (tertiary alicyclic amines) is 1. The Kier molecular flexibility index (Phi) is 3.83. The summed E-state index contributed by atoms with van der Waals surface area (Å²) in [5, 5.41) is 13.2. The van der Waals surface area contributed by atoms with Gasteiger partial charge in [0.25, 0.3) is 0 Å². The minimum atomic E-state index is -0.0301. The van der Waals surface area contributed by atoms with Crippen molar-refractivity contribution in [2.75, 3.05) is 19.6 Å². The van der Waals surface area contributed by atoms with E-state index in [1.807, 2.05) is 0 Å². The van der Waals surface area contributed by atoms with Crippen LogP contribution in [0.5, 0.6) is 0 Å². The third kappa shape index (κ3) is 4.22. The molecule has 0 bridgehead atoms. The lowest BCUT2D eigenvalue weighted by atomic mass is 10.1. The first-order valence-electron chi connectivity index (χ1n) is 6.26. The highest BCUT2D eigenvalue weighted by Crippen LogP contribution is 2.18. The maximum absolute atomic E-state index is 11.5. The number of rotatable bonds is 4. The van der Waals surface area contributed by atoms with E-state index in [1.54, 1.807) is 0 Å². The van der Waals surface area contributed by atoms with Gasteiger partial charge in [0.2, 0.25) is 0 Å². The van der Waals surface area contributed by atoms with Gasteiger partial charge in [-0.15, -0.1) is 0 Å². The highest BCUT2D eigenvalue weighted by atomic mass is 16.2. The van der Waals surface area contributed by atoms with Crippen LogP contribution in [0.3, 0.4) is 0 Å². The van der Waals surface area contributed by atoms with Crippen LogP contribution >= 0.6 is 0 Å². The zero-order chi connectivity index (χ0) is 12.3. The summed E-state index contributed by atoms with van der Waals surface area (Å²) in [6.45, 7) is 2.34. The fourth-order valence-corrected chi connectivity index (χ4v) is 2.12. The van der Waals surface area contributed by atoms with Crippen LogP contribution in [0.1, 0.15) is 25.7 Å². The van der Waals surface area contributed by atoms with Crippen molar-refractivity contribution in [2.24, 2.45) is 5.73 Å². The Morgan fingerprint density at radius 1 is 1.18 bits per heavy atom. The van der Waals surface area contributed by atoms with Crippen LogP contribution in [0, 0.1) is 5.41 Å². The Bertz CT molecular complexity index is 294. The number of hydrogen-bond acceptors (Lipinski definition) is 3. The van der Waals surface area contributed by atoms with Gasteiger partial charge in [-0.25, -0.2) is 4.79 Å². The normalized spacial score (nSPS) is 22.1. The molecule has 0 aromatic heterocycles. The van der Waals surface area contributed by atoms with Gasteiger partial charge in [0, 0.05) is 25.2 Å². The zero-order valence-electron chi connectivity index (χ0n) is 10.0. The van der Waals surface area contributed by atoms with Crippen molar-refractivity contribution in [3.8, 4) is 0 Å². The number of carbonyl (C=O) groups excluding carboxylic acids is 1. The maximum atomic E-state index is 11.5. The smallest absolute Gasteiger partial charge is 0.315 e. The van der Waals surface area contributed by atoms with Crippen LogP contribution in [0.4, 0.5) is 4.79 Å². The van der Waals surface area contributed by atoms with Crippen LogP contribution < -0.4 is 16.4 Å². The molecule has 1 aliphatic carbocycles. The highest BCUT2D eigenvalue weighted by Gasteiger charge is 2.25. The molecule has 2 rings (SSSR count). The quantitative estimate of drug-likeness (QED) is 0.406. The number of nitrogens with one attached hydrogen (secondary N) is 3. The minimum absolute atomic E-state index is 0.0301. The molecule has 0 radical (unpaired) electrons. The summed E-state index contributed by atoms with van der Waals surface area (Å²) in [6.07, 6.45) is 4.10. The molecule has 6 heteroatoms. The molecule has 6 nitrogen and oxygen atoms in total. The first kappa shape index (κ1) is 12.2. The van der Waals surface area contributed by atoms with Crippen LogP contribution in [-0.4, -0.2) is 48.5 Å². The van der Waals surface area contributed by atoms with Crippen molar-refractivity contribution < 1.29 is 4.79 Å². The number of urea groups is 1. The number of amidine groups is 1. The Labute approximate surface area is 101 Å². The molecule has 0 unspecified atom stereocenters. The topological polar surface area (TPSA) is 94.2 Å². The lowest BCUT2D eigenvalue weighted by molar-refractivity contribution is 0.206. The number of carbonyl (C=O) groups is 1. The van der Waals surface area contributed by atoms with E-state index in [9.17, 15) is 4.79 Å². The van der Waals surface area contributed by atoms with E-state index in [0.717, 1.165) is 38.8 Å². The van der Waals surface area contributed by atoms with Gasteiger partial charge in [0.05, 0.1) is 6.54 Å². The lowest BCUT2D eigenvalue weighted by Crippen LogP contribution is -2.49. The monoisotopic (exact) mass is 239 g/mol. The van der Waals surface area contributed by atoms with E-state index in [1.165, 1.54) is 0 Å². The molecule has 1 heterocycles. The summed E-state index contributed by atoms with van der Waals surface area (Å²) >= 11 is 0. The molecule has 2 aliphatic rings. The van der Waals surface area contributed by atoms with Gasteiger partial charge in [0.1, 0.15) is 5.84 Å². The van der Waals surface area contributed by atoms with Gasteiger partial charge in [-0.3, -0.25) is 10.3 Å². The van der Waals surface area contributed by atoms with Crippen molar-refractivity contribution in [3.63, 3.8) is 0 Å². The van der Waals surface area contributed by atoms with Crippen molar-refractivity contribution in [3.05, 3.63) is 0 Å². The summed E-state index contributed by atoms with van der Waals surface area (Å²) in [6, 6.07) is 0.641. The summed E-state index contributed by atoms with van der Waals surface area (Å²) in [5.74, 6) is 0.211. The summed E-state index contributed by atoms with van der Waals surface area (Å²) < 4.78 is 0. The molecule has 96 valence electrons. The van der Waals surface area contributed by atoms with Crippen LogP contribution in [-0.2, 0) is 0 Å². The molecule has 0 atom stereocenters. The molecule has 0 aromatic carbocycles. The summed E-state index contributed by atoms with van der Waals surface area (Å²) in [7, 11) is 0. The van der Waals surface area contributed by atoms with Gasteiger partial charge in [-0.1, -0.05) is 0 Å². The number of nitrogens with two attached hydrogens (primary N) is 1. The highest BCUT2D eigenvalue weighted by molar-refractivity contribution is 5.79. The van der Waals surface area contributed by atoms with Gasteiger partial charge in [-0.2, -0.15) is 0 Å². The number of nitrogens with zero attached hydrogens (tertiary/aromatic N) is 1. The molecule has 2 amide bonds. The van der Waals surface area contributed by atoms with Crippen LogP contribution in [0.2, 0.25) is 0 Å². The summed E-state index contributed by atoms with van der Waals surface area (Å²) in [4.78, 5) is 13.7. The van der Waals surface area contributed by atoms with Crippen LogP contribution in [0.25, 0.3) is 0 Å². The lowest BCUT2D eigenvalue weighted by Gasteiger charge is -2.31. The Morgan fingerprint density at radius 3 is 2.18 bits per heavy atom. The first-order chi connectivity index (χ1) is 8.13. The third-order valence-corrected chi connectivity index (χ3v) is 3.23. The van der Waals surface area contributed by atoms with Crippen molar-refractivity contribution >= 4 is 11.9 Å². The van der Waals surface area contributed by atoms with E-state index < -0.39 is 0 Å². The molecule has 17 heavy (non-hydrogen) atoms. The molecular weight excluding hydrogens is 218 g/mol. The van der Waals surface area contributed by atoms with Crippen molar-refractivity contribution in [1.82, 2.24) is 15.5 Å². The zero-order valence-corrected chi connectivity index (χ0v) is 10.0. The largest absolute Gasteiger partial charge is 0.387 e. The van der Waals surface area contributed by atoms with Gasteiger partial charge in [-0.05, 0) is 25.7 Å². The predicted octanol–water partition coefficient (Wildman–Crippen LogP) is -0.152. The second-order valence-electron chi connectivity index (χ2n) is 4.97. The molecule has 0 spiro atoms. The predicted molar refractivity (Wildman–Crippen MR) is 66.1 cm³/mol. The average molecular weight is 239 g/mol. The van der Waals surface area contributed by atoms with E-state index >= 15 is 0 Å². The Morgan fingerprint density at radius 2 is 1.71 bits per heavy atom. The van der Waals surface area contributed by atoms with E-state index in [2.05, 4.69) is 15.5 Å². The molecule has 5 N–H and O–H groups in total. The summed E-state index contributed by atoms with van der Waals surface area (Å²) in [5.41, 5.74) is 5.36. The van der Waals surface area contributed by atoms with Gasteiger partial charge < -0.3 is 16.4 Å². The van der Waals surface area contributed by atoms with E-state index in [4.69, 9.17) is 11.1 Å². The number of amides is 2. The van der Waals surface area contributed by atoms with Gasteiger partial charge in [0.15, 0.2) is 0 Å². The van der Waals surface area contributed by atoms with Crippen LogP contribution in [0.15, 0.2) is 0 Å². The third-order valence-electron chi connectivity index (χ3n) is 3.23. The van der Waals surface area contributed by atoms with Gasteiger partial charge >= 0.3 is 6.03 Å². The molecule has 1 saturated carbocycles. The SMILES string of the molecule is N=C(N)CN1CCC(NC(=O)NC2CC2)CC1. The van der Waals surface area contributed by atoms with Crippen molar-refractivity contribution in [1.29, 1.82) is 5.41 Å². The Balaban J connectivity index is 1.64. The molecular formula is C11H21N5O. The minimum Gasteiger partial charge on any atom is -0.387 e. The number of piperidine rings is 1. The molecule has 0 aromatic rings. The number of hydrogen-bond donors (Lipinski definition) is 4. The second-order valence-corrected chi connectivity index (χ2v) is 4.97. The standard InChI is InChI=1S/C11H21N5O/c12-10(13)7-16-5-3-9(4-6-16)15-11(17)14-8-1-2-8/h8-9H,1-7H2,(H3,12,13)(H2,14,15,17). The fraction of sp³-hybridized carbons (Fsp3) is 0.818. The van der Waals surface area contributed by atoms with Crippen molar-refractivity contribution in [2.45, 2.75) is 37.8 Å². The molecule has 2 fully saturated rings. The second kappa shape index (κ2) is 5.35. The Hall–Kier alpha value is -1.30. The average Bonchev–Trinajstić information content (AvgIpc) is 3.04. The fourth-order valence-electron chi connectivity index (χ4n) is 2.12. The molecule has 1 saturated heterocycles. The first-order valence-corrected chi connectivity index (χ1v) is 6.26. The maximum Gasteiger partial charge on any atom is 0.315 e. The van der Waals surface area contributed by atoms with E-state index in [0.29, 0.717) is 12.6 Å². The van der Waals surface area contributed by atoms with E-state index in [-0.39, 0.29) is 17.9 Å². The molecule has 1 aliphatic heterocycles.